The highest BCUT2D eigenvalue weighted by Crippen LogP contribution is 2.25. The number of carbonyl (C=O) groups excluding carboxylic acids is 1. The van der Waals surface area contributed by atoms with Gasteiger partial charge < -0.3 is 10.6 Å². The Hall–Kier alpha value is -1.80. The third-order valence-electron chi connectivity index (χ3n) is 2.96. The van der Waals surface area contributed by atoms with Crippen molar-refractivity contribution in [2.75, 3.05) is 10.6 Å². The van der Waals surface area contributed by atoms with E-state index in [2.05, 4.69) is 10.6 Å². The second kappa shape index (κ2) is 6.76. The van der Waals surface area contributed by atoms with Crippen molar-refractivity contribution in [2.24, 2.45) is 5.14 Å². The number of nitrogens with one attached hydrogen (secondary N) is 2. The van der Waals surface area contributed by atoms with Gasteiger partial charge in [-0.3, -0.25) is 0 Å². The number of sulfonamides is 1. The minimum atomic E-state index is -3.85. The SMILES string of the molecule is Cc1ccc(S(N)(=O)=O)cc1NC(=O)Nc1ccc(Cl)c(Cl)c1. The number of hydrogen-bond donors (Lipinski definition) is 3. The van der Waals surface area contributed by atoms with Crippen LogP contribution in [0.4, 0.5) is 16.2 Å². The average Bonchev–Trinajstić information content (AvgIpc) is 2.44. The third kappa shape index (κ3) is 4.59. The lowest BCUT2D eigenvalue weighted by Crippen LogP contribution is -2.20. The van der Waals surface area contributed by atoms with Crippen molar-refractivity contribution in [3.05, 3.63) is 52.0 Å². The zero-order valence-corrected chi connectivity index (χ0v) is 14.3. The first-order valence-electron chi connectivity index (χ1n) is 6.33. The maximum Gasteiger partial charge on any atom is 0.323 e. The second-order valence-corrected chi connectivity index (χ2v) is 7.11. The van der Waals surface area contributed by atoms with Crippen LogP contribution in [0.2, 0.25) is 10.0 Å². The first-order chi connectivity index (χ1) is 10.7. The fourth-order valence-corrected chi connectivity index (χ4v) is 2.61. The quantitative estimate of drug-likeness (QED) is 0.765. The number of hydrogen-bond acceptors (Lipinski definition) is 3. The van der Waals surface area contributed by atoms with E-state index in [1.165, 1.54) is 18.2 Å². The first-order valence-corrected chi connectivity index (χ1v) is 8.63. The number of carbonyl (C=O) groups is 1. The van der Waals surface area contributed by atoms with Gasteiger partial charge in [0.25, 0.3) is 0 Å². The van der Waals surface area contributed by atoms with E-state index in [1.54, 1.807) is 25.1 Å². The maximum atomic E-state index is 12.0. The lowest BCUT2D eigenvalue weighted by atomic mass is 10.2. The molecule has 0 radical (unpaired) electrons. The molecule has 0 aromatic heterocycles. The minimum absolute atomic E-state index is 0.0899. The topological polar surface area (TPSA) is 101 Å². The molecule has 23 heavy (non-hydrogen) atoms. The van der Waals surface area contributed by atoms with Crippen molar-refractivity contribution in [3.8, 4) is 0 Å². The number of benzene rings is 2. The van der Waals surface area contributed by atoms with Gasteiger partial charge in [0, 0.05) is 11.4 Å². The summed E-state index contributed by atoms with van der Waals surface area (Å²) < 4.78 is 22.7. The van der Waals surface area contributed by atoms with Crippen molar-refractivity contribution < 1.29 is 13.2 Å². The molecule has 0 aliphatic carbocycles. The summed E-state index contributed by atoms with van der Waals surface area (Å²) in [6.45, 7) is 1.72. The molecule has 9 heteroatoms. The van der Waals surface area contributed by atoms with Gasteiger partial charge in [0.05, 0.1) is 14.9 Å². The maximum absolute atomic E-state index is 12.0. The van der Waals surface area contributed by atoms with Crippen molar-refractivity contribution in [1.29, 1.82) is 0 Å². The number of rotatable bonds is 3. The van der Waals surface area contributed by atoms with Crippen molar-refractivity contribution >= 4 is 50.6 Å². The van der Waals surface area contributed by atoms with Crippen molar-refractivity contribution in [1.82, 2.24) is 0 Å². The largest absolute Gasteiger partial charge is 0.323 e. The molecule has 2 amide bonds. The third-order valence-corrected chi connectivity index (χ3v) is 4.61. The predicted octanol–water partition coefficient (Wildman–Crippen LogP) is 3.59. The molecule has 0 atom stereocenters. The Morgan fingerprint density at radius 2 is 1.74 bits per heavy atom. The molecule has 0 heterocycles. The van der Waals surface area contributed by atoms with Crippen LogP contribution in [-0.2, 0) is 10.0 Å². The predicted molar refractivity (Wildman–Crippen MR) is 91.7 cm³/mol. The lowest BCUT2D eigenvalue weighted by Gasteiger charge is -2.11. The summed E-state index contributed by atoms with van der Waals surface area (Å²) >= 11 is 11.7. The van der Waals surface area contributed by atoms with E-state index >= 15 is 0 Å². The number of halogens is 2. The molecule has 0 fully saturated rings. The Morgan fingerprint density at radius 3 is 2.35 bits per heavy atom. The minimum Gasteiger partial charge on any atom is -0.308 e. The normalized spacial score (nSPS) is 11.1. The van der Waals surface area contributed by atoms with Gasteiger partial charge in [0.1, 0.15) is 0 Å². The molecule has 2 aromatic carbocycles. The Balaban J connectivity index is 2.18. The molecule has 122 valence electrons. The highest BCUT2D eigenvalue weighted by atomic mass is 35.5. The van der Waals surface area contributed by atoms with Crippen molar-refractivity contribution in [3.63, 3.8) is 0 Å². The summed E-state index contributed by atoms with van der Waals surface area (Å²) in [7, 11) is -3.85. The van der Waals surface area contributed by atoms with Crippen molar-refractivity contribution in [2.45, 2.75) is 11.8 Å². The van der Waals surface area contributed by atoms with Gasteiger partial charge in [-0.05, 0) is 42.8 Å². The summed E-state index contributed by atoms with van der Waals surface area (Å²) in [5, 5.41) is 10.9. The Morgan fingerprint density at radius 1 is 1.04 bits per heavy atom. The van der Waals surface area contributed by atoms with Gasteiger partial charge in [0.15, 0.2) is 0 Å². The summed E-state index contributed by atoms with van der Waals surface area (Å²) in [4.78, 5) is 11.9. The van der Waals surface area contributed by atoms with Crippen LogP contribution < -0.4 is 15.8 Å². The summed E-state index contributed by atoms with van der Waals surface area (Å²) in [6.07, 6.45) is 0. The number of amides is 2. The number of urea groups is 1. The Bertz CT molecular complexity index is 870. The summed E-state index contributed by atoms with van der Waals surface area (Å²) in [5.74, 6) is 0. The molecule has 4 N–H and O–H groups in total. The van der Waals surface area contributed by atoms with Gasteiger partial charge in [-0.25, -0.2) is 18.4 Å². The van der Waals surface area contributed by atoms with Crippen LogP contribution in [0.25, 0.3) is 0 Å². The molecule has 0 unspecified atom stereocenters. The van der Waals surface area contributed by atoms with Crippen LogP contribution in [0.15, 0.2) is 41.3 Å². The summed E-state index contributed by atoms with van der Waals surface area (Å²) in [5.41, 5.74) is 1.45. The Labute approximate surface area is 143 Å². The number of primary sulfonamides is 1. The molecular formula is C14H13Cl2N3O3S. The number of aryl methyl sites for hydroxylation is 1. The van der Waals surface area contributed by atoms with Gasteiger partial charge in [0.2, 0.25) is 10.0 Å². The first kappa shape index (κ1) is 17.6. The molecule has 0 spiro atoms. The van der Waals surface area contributed by atoms with Gasteiger partial charge in [-0.1, -0.05) is 29.3 Å². The van der Waals surface area contributed by atoms with E-state index in [9.17, 15) is 13.2 Å². The fraction of sp³-hybridized carbons (Fsp3) is 0.0714. The molecule has 6 nitrogen and oxygen atoms in total. The average molecular weight is 374 g/mol. The smallest absolute Gasteiger partial charge is 0.308 e. The highest BCUT2D eigenvalue weighted by molar-refractivity contribution is 7.89. The number of anilines is 2. The molecule has 0 aliphatic heterocycles. The number of nitrogens with two attached hydrogens (primary N) is 1. The molecule has 2 aromatic rings. The van der Waals surface area contributed by atoms with Crippen LogP contribution in [-0.4, -0.2) is 14.4 Å². The monoisotopic (exact) mass is 373 g/mol. The fourth-order valence-electron chi connectivity index (χ4n) is 1.77. The van der Waals surface area contributed by atoms with E-state index in [-0.39, 0.29) is 4.90 Å². The molecule has 0 saturated heterocycles. The second-order valence-electron chi connectivity index (χ2n) is 4.73. The van der Waals surface area contributed by atoms with E-state index in [0.29, 0.717) is 27.0 Å². The van der Waals surface area contributed by atoms with E-state index in [1.807, 2.05) is 0 Å². The van der Waals surface area contributed by atoms with E-state index in [0.717, 1.165) is 0 Å². The highest BCUT2D eigenvalue weighted by Gasteiger charge is 2.12. The zero-order chi connectivity index (χ0) is 17.2. The standard InChI is InChI=1S/C14H13Cl2N3O3S/c1-8-2-4-10(23(17,21)22)7-13(8)19-14(20)18-9-3-5-11(15)12(16)6-9/h2-7H,1H3,(H2,17,21,22)(H2,18,19,20). The van der Waals surface area contributed by atoms with E-state index in [4.69, 9.17) is 28.3 Å². The van der Waals surface area contributed by atoms with Crippen LogP contribution >= 0.6 is 23.2 Å². The molecule has 0 aliphatic rings. The van der Waals surface area contributed by atoms with Gasteiger partial charge in [-0.2, -0.15) is 0 Å². The summed E-state index contributed by atoms with van der Waals surface area (Å²) in [6, 6.07) is 8.28. The molecule has 0 bridgehead atoms. The molecule has 2 rings (SSSR count). The lowest BCUT2D eigenvalue weighted by molar-refractivity contribution is 0.262. The van der Waals surface area contributed by atoms with Crippen LogP contribution in [0.1, 0.15) is 5.56 Å². The molecule has 0 saturated carbocycles. The van der Waals surface area contributed by atoms with E-state index < -0.39 is 16.1 Å². The van der Waals surface area contributed by atoms with Gasteiger partial charge >= 0.3 is 6.03 Å². The van der Waals surface area contributed by atoms with Crippen LogP contribution in [0, 0.1) is 6.92 Å². The van der Waals surface area contributed by atoms with Gasteiger partial charge in [-0.15, -0.1) is 0 Å². The molecular weight excluding hydrogens is 361 g/mol. The van der Waals surface area contributed by atoms with Crippen LogP contribution in [0.5, 0.6) is 0 Å². The zero-order valence-electron chi connectivity index (χ0n) is 11.9. The van der Waals surface area contributed by atoms with Crippen LogP contribution in [0.3, 0.4) is 0 Å². The Kier molecular flexibility index (Phi) is 5.16.